The number of nitrogens with zero attached hydrogens (tertiary/aromatic N) is 3. The molecule has 0 saturated heterocycles. The fraction of sp³-hybridized carbons (Fsp3) is 0. The molecular weight excluding hydrogens is 287 g/mol. The summed E-state index contributed by atoms with van der Waals surface area (Å²) in [6.07, 6.45) is 0. The van der Waals surface area contributed by atoms with E-state index in [4.69, 9.17) is 16.9 Å². The average molecular weight is 293 g/mol. The molecule has 100 valence electrons. The Morgan fingerprint density at radius 2 is 2.20 bits per heavy atom. The highest BCUT2D eigenvalue weighted by molar-refractivity contribution is 6.29. The van der Waals surface area contributed by atoms with Crippen LogP contribution in [0.4, 0.5) is 21.6 Å². The van der Waals surface area contributed by atoms with E-state index in [-0.39, 0.29) is 27.9 Å². The average Bonchev–Trinajstić information content (AvgIpc) is 2.38. The van der Waals surface area contributed by atoms with Gasteiger partial charge in [-0.25, -0.2) is 9.37 Å². The van der Waals surface area contributed by atoms with Gasteiger partial charge in [-0.05, 0) is 12.1 Å². The molecule has 6 nitrogen and oxygen atoms in total. The standard InChI is InChI=1S/C12H6ClFN4O2/c13-11-4-7(18(19)20)5-12(17-11)16-10-3-1-2-9(14)8(10)6-15/h1-5H,(H,16,17). The quantitative estimate of drug-likeness (QED) is 0.532. The van der Waals surface area contributed by atoms with E-state index >= 15 is 0 Å². The number of hydrogen-bond acceptors (Lipinski definition) is 5. The molecule has 0 saturated carbocycles. The molecule has 2 rings (SSSR count). The maximum absolute atomic E-state index is 13.4. The topological polar surface area (TPSA) is 91.8 Å². The van der Waals surface area contributed by atoms with E-state index in [2.05, 4.69) is 10.3 Å². The van der Waals surface area contributed by atoms with Crippen molar-refractivity contribution in [1.29, 1.82) is 5.26 Å². The SMILES string of the molecule is N#Cc1c(F)cccc1Nc1cc([N+](=O)[O-])cc(Cl)n1. The van der Waals surface area contributed by atoms with E-state index in [1.807, 2.05) is 0 Å². The predicted octanol–water partition coefficient (Wildman–Crippen LogP) is 3.40. The highest BCUT2D eigenvalue weighted by Crippen LogP contribution is 2.25. The number of hydrogen-bond donors (Lipinski definition) is 1. The Bertz CT molecular complexity index is 730. The van der Waals surface area contributed by atoms with Gasteiger partial charge in [0.2, 0.25) is 0 Å². The van der Waals surface area contributed by atoms with Crippen LogP contribution in [-0.2, 0) is 0 Å². The number of aromatic nitrogens is 1. The van der Waals surface area contributed by atoms with Crippen LogP contribution in [0.3, 0.4) is 0 Å². The molecule has 1 N–H and O–H groups in total. The first-order valence-electron chi connectivity index (χ1n) is 5.29. The Kier molecular flexibility index (Phi) is 3.77. The molecule has 1 heterocycles. The van der Waals surface area contributed by atoms with Crippen LogP contribution in [0, 0.1) is 27.3 Å². The molecule has 0 unspecified atom stereocenters. The zero-order valence-corrected chi connectivity index (χ0v) is 10.6. The van der Waals surface area contributed by atoms with Crippen LogP contribution < -0.4 is 5.32 Å². The summed E-state index contributed by atoms with van der Waals surface area (Å²) >= 11 is 5.67. The molecular formula is C12H6ClFN4O2. The minimum atomic E-state index is -0.700. The van der Waals surface area contributed by atoms with Crippen molar-refractivity contribution in [2.24, 2.45) is 0 Å². The third kappa shape index (κ3) is 2.81. The Hall–Kier alpha value is -2.72. The van der Waals surface area contributed by atoms with E-state index in [9.17, 15) is 14.5 Å². The van der Waals surface area contributed by atoms with Crippen LogP contribution in [0.1, 0.15) is 5.56 Å². The largest absolute Gasteiger partial charge is 0.339 e. The highest BCUT2D eigenvalue weighted by Gasteiger charge is 2.13. The van der Waals surface area contributed by atoms with Gasteiger partial charge in [0.1, 0.15) is 28.4 Å². The normalized spacial score (nSPS) is 9.85. The van der Waals surface area contributed by atoms with Gasteiger partial charge in [0, 0.05) is 0 Å². The molecule has 0 spiro atoms. The summed E-state index contributed by atoms with van der Waals surface area (Å²) in [6, 6.07) is 7.92. The van der Waals surface area contributed by atoms with Crippen molar-refractivity contribution in [3.8, 4) is 6.07 Å². The van der Waals surface area contributed by atoms with E-state index in [1.165, 1.54) is 12.1 Å². The fourth-order valence-corrected chi connectivity index (χ4v) is 1.74. The lowest BCUT2D eigenvalue weighted by Gasteiger charge is -2.08. The lowest BCUT2D eigenvalue weighted by Crippen LogP contribution is -1.99. The van der Waals surface area contributed by atoms with Crippen molar-refractivity contribution >= 4 is 28.8 Å². The zero-order chi connectivity index (χ0) is 14.7. The molecule has 0 aliphatic carbocycles. The van der Waals surface area contributed by atoms with Gasteiger partial charge in [-0.3, -0.25) is 10.1 Å². The van der Waals surface area contributed by atoms with Gasteiger partial charge in [-0.2, -0.15) is 5.26 Å². The molecule has 0 atom stereocenters. The minimum absolute atomic E-state index is 0.0475. The molecule has 0 bridgehead atoms. The number of nitriles is 1. The van der Waals surface area contributed by atoms with Gasteiger partial charge in [-0.1, -0.05) is 17.7 Å². The summed E-state index contributed by atoms with van der Waals surface area (Å²) < 4.78 is 13.4. The lowest BCUT2D eigenvalue weighted by molar-refractivity contribution is -0.384. The van der Waals surface area contributed by atoms with Crippen LogP contribution in [0.2, 0.25) is 5.15 Å². The van der Waals surface area contributed by atoms with Crippen molar-refractivity contribution in [3.05, 3.63) is 57.0 Å². The van der Waals surface area contributed by atoms with E-state index in [0.717, 1.165) is 18.2 Å². The third-order valence-electron chi connectivity index (χ3n) is 2.38. The molecule has 0 aliphatic rings. The first kappa shape index (κ1) is 13.7. The number of halogens is 2. The van der Waals surface area contributed by atoms with Gasteiger partial charge in [0.25, 0.3) is 5.69 Å². The lowest BCUT2D eigenvalue weighted by atomic mass is 10.2. The molecule has 2 aromatic rings. The molecule has 8 heteroatoms. The number of anilines is 2. The molecule has 1 aromatic carbocycles. The van der Waals surface area contributed by atoms with Gasteiger partial charge < -0.3 is 5.32 Å². The summed E-state index contributed by atoms with van der Waals surface area (Å²) in [5.74, 6) is -0.652. The molecule has 20 heavy (non-hydrogen) atoms. The first-order chi connectivity index (χ1) is 9.51. The Labute approximate surface area is 117 Å². The molecule has 1 aromatic heterocycles. The van der Waals surface area contributed by atoms with Crippen LogP contribution in [0.5, 0.6) is 0 Å². The Morgan fingerprint density at radius 1 is 1.45 bits per heavy atom. The number of rotatable bonds is 3. The van der Waals surface area contributed by atoms with Crippen molar-refractivity contribution in [2.75, 3.05) is 5.32 Å². The monoisotopic (exact) mass is 292 g/mol. The van der Waals surface area contributed by atoms with Crippen LogP contribution >= 0.6 is 11.6 Å². The zero-order valence-electron chi connectivity index (χ0n) is 9.80. The summed E-state index contributed by atoms with van der Waals surface area (Å²) in [5, 5.41) is 22.2. The molecule has 0 amide bonds. The maximum atomic E-state index is 13.4. The number of nitrogens with one attached hydrogen (secondary N) is 1. The van der Waals surface area contributed by atoms with E-state index in [1.54, 1.807) is 6.07 Å². The van der Waals surface area contributed by atoms with E-state index in [0.29, 0.717) is 0 Å². The second-order valence-corrected chi connectivity index (χ2v) is 4.08. The molecule has 0 aliphatic heterocycles. The van der Waals surface area contributed by atoms with Gasteiger partial charge in [0.05, 0.1) is 22.7 Å². The highest BCUT2D eigenvalue weighted by atomic mass is 35.5. The van der Waals surface area contributed by atoms with Crippen molar-refractivity contribution in [3.63, 3.8) is 0 Å². The number of pyridine rings is 1. The summed E-state index contributed by atoms with van der Waals surface area (Å²) in [5.41, 5.74) is -0.323. The Balaban J connectivity index is 2.43. The van der Waals surface area contributed by atoms with Crippen molar-refractivity contribution in [1.82, 2.24) is 4.98 Å². The second-order valence-electron chi connectivity index (χ2n) is 3.69. The van der Waals surface area contributed by atoms with Crippen LogP contribution in [0.15, 0.2) is 30.3 Å². The summed E-state index contributed by atoms with van der Waals surface area (Å²) in [6.45, 7) is 0. The smallest absolute Gasteiger partial charge is 0.276 e. The Morgan fingerprint density at radius 3 is 2.85 bits per heavy atom. The van der Waals surface area contributed by atoms with Gasteiger partial charge in [0.15, 0.2) is 0 Å². The fourth-order valence-electron chi connectivity index (χ4n) is 1.53. The third-order valence-corrected chi connectivity index (χ3v) is 2.57. The second kappa shape index (κ2) is 5.50. The molecule has 0 fully saturated rings. The van der Waals surface area contributed by atoms with Crippen LogP contribution in [-0.4, -0.2) is 9.91 Å². The number of nitro groups is 1. The van der Waals surface area contributed by atoms with Crippen molar-refractivity contribution < 1.29 is 9.31 Å². The van der Waals surface area contributed by atoms with Crippen molar-refractivity contribution in [2.45, 2.75) is 0 Å². The van der Waals surface area contributed by atoms with Gasteiger partial charge in [-0.15, -0.1) is 0 Å². The summed E-state index contributed by atoms with van der Waals surface area (Å²) in [7, 11) is 0. The summed E-state index contributed by atoms with van der Waals surface area (Å²) in [4.78, 5) is 13.9. The number of benzene rings is 1. The molecule has 0 radical (unpaired) electrons. The van der Waals surface area contributed by atoms with E-state index < -0.39 is 10.7 Å². The predicted molar refractivity (Wildman–Crippen MR) is 70.3 cm³/mol. The van der Waals surface area contributed by atoms with Gasteiger partial charge >= 0.3 is 0 Å². The maximum Gasteiger partial charge on any atom is 0.276 e. The van der Waals surface area contributed by atoms with Crippen LogP contribution in [0.25, 0.3) is 0 Å². The first-order valence-corrected chi connectivity index (χ1v) is 5.66. The minimum Gasteiger partial charge on any atom is -0.339 e.